The summed E-state index contributed by atoms with van der Waals surface area (Å²) < 4.78 is 39.7. The van der Waals surface area contributed by atoms with Gasteiger partial charge in [0.25, 0.3) is 0 Å². The van der Waals surface area contributed by atoms with Crippen LogP contribution in [0.5, 0.6) is 0 Å². The first-order chi connectivity index (χ1) is 9.20. The lowest BCUT2D eigenvalue weighted by Gasteiger charge is -2.10. The Hall–Kier alpha value is -0.180. The molecule has 8 heteroatoms. The fourth-order valence-corrected chi connectivity index (χ4v) is 4.80. The van der Waals surface area contributed by atoms with Crippen molar-refractivity contribution < 1.29 is 18.0 Å². The van der Waals surface area contributed by atoms with Crippen LogP contribution in [0.1, 0.15) is 21.5 Å². The summed E-state index contributed by atoms with van der Waals surface area (Å²) in [7, 11) is 0. The van der Waals surface area contributed by atoms with Crippen LogP contribution in [-0.4, -0.2) is 5.78 Å². The number of hydrogen-bond acceptors (Lipinski definition) is 2. The minimum Gasteiger partial charge on any atom is -0.289 e. The summed E-state index contributed by atoms with van der Waals surface area (Å²) in [5.41, 5.74) is -0.544. The first kappa shape index (κ1) is 16.2. The smallest absolute Gasteiger partial charge is 0.289 e. The molecule has 0 bridgehead atoms. The summed E-state index contributed by atoms with van der Waals surface area (Å²) in [6.45, 7) is 0. The van der Waals surface area contributed by atoms with E-state index >= 15 is 0 Å². The molecule has 1 nitrogen and oxygen atoms in total. The predicted molar refractivity (Wildman–Crippen MR) is 82.3 cm³/mol. The number of benzene rings is 1. The van der Waals surface area contributed by atoms with E-state index in [1.807, 2.05) is 0 Å². The predicted octanol–water partition coefficient (Wildman–Crippen LogP) is 6.29. The van der Waals surface area contributed by atoms with Gasteiger partial charge in [0.05, 0.1) is 13.1 Å². The molecule has 0 atom stereocenters. The van der Waals surface area contributed by atoms with Gasteiger partial charge in [-0.15, -0.1) is 11.3 Å². The zero-order chi connectivity index (χ0) is 15.1. The topological polar surface area (TPSA) is 17.1 Å². The Morgan fingerprint density at radius 3 is 2.25 bits per heavy atom. The van der Waals surface area contributed by atoms with Crippen molar-refractivity contribution in [3.63, 3.8) is 0 Å². The van der Waals surface area contributed by atoms with Crippen molar-refractivity contribution in [2.45, 2.75) is 6.18 Å². The summed E-state index contributed by atoms with van der Waals surface area (Å²) in [6.07, 6.45) is -4.51. The van der Waals surface area contributed by atoms with E-state index in [9.17, 15) is 18.0 Å². The Labute approximate surface area is 141 Å². The molecular weight excluding hydrogens is 489 g/mol. The van der Waals surface area contributed by atoms with E-state index in [0.717, 1.165) is 9.85 Å². The van der Waals surface area contributed by atoms with Gasteiger partial charge in [0.15, 0.2) is 5.78 Å². The van der Waals surface area contributed by atoms with Gasteiger partial charge < -0.3 is 0 Å². The number of carbonyl (C=O) groups is 1. The van der Waals surface area contributed by atoms with Crippen molar-refractivity contribution in [1.82, 2.24) is 0 Å². The third kappa shape index (κ3) is 3.35. The molecule has 2 rings (SSSR count). The highest BCUT2D eigenvalue weighted by atomic mass is 79.9. The molecule has 0 saturated carbocycles. The molecule has 0 aliphatic carbocycles. The molecule has 1 heterocycles. The second-order valence-corrected chi connectivity index (χ2v) is 8.36. The zero-order valence-electron chi connectivity index (χ0n) is 9.39. The highest BCUT2D eigenvalue weighted by molar-refractivity contribution is 9.12. The average molecular weight is 493 g/mol. The average Bonchev–Trinajstić information content (AvgIpc) is 2.66. The van der Waals surface area contributed by atoms with Crippen LogP contribution >= 0.6 is 59.1 Å². The van der Waals surface area contributed by atoms with Crippen LogP contribution in [0.25, 0.3) is 0 Å². The summed E-state index contributed by atoms with van der Waals surface area (Å²) in [5.74, 6) is -0.461. The van der Waals surface area contributed by atoms with Crippen LogP contribution in [0, 0.1) is 0 Å². The largest absolute Gasteiger partial charge is 0.417 e. The number of halogens is 6. The lowest BCUT2D eigenvalue weighted by molar-refractivity contribution is -0.138. The zero-order valence-corrected chi connectivity index (χ0v) is 15.0. The first-order valence-corrected chi connectivity index (χ1v) is 8.26. The Kier molecular flexibility index (Phi) is 4.78. The molecule has 0 fully saturated rings. The van der Waals surface area contributed by atoms with Gasteiger partial charge in [0.2, 0.25) is 0 Å². The monoisotopic (exact) mass is 490 g/mol. The van der Waals surface area contributed by atoms with Gasteiger partial charge >= 0.3 is 6.18 Å². The Morgan fingerprint density at radius 2 is 1.75 bits per heavy atom. The second kappa shape index (κ2) is 5.90. The number of rotatable bonds is 2. The van der Waals surface area contributed by atoms with Crippen molar-refractivity contribution in [1.29, 1.82) is 0 Å². The fourth-order valence-electron chi connectivity index (χ4n) is 1.53. The van der Waals surface area contributed by atoms with Gasteiger partial charge in [-0.2, -0.15) is 13.2 Å². The summed E-state index contributed by atoms with van der Waals surface area (Å²) in [4.78, 5) is 12.2. The van der Waals surface area contributed by atoms with Gasteiger partial charge in [-0.25, -0.2) is 0 Å². The molecule has 2 aromatic rings. The van der Waals surface area contributed by atoms with Crippen LogP contribution in [0.4, 0.5) is 13.2 Å². The van der Waals surface area contributed by atoms with Crippen molar-refractivity contribution in [2.75, 3.05) is 0 Å². The highest BCUT2D eigenvalue weighted by Crippen LogP contribution is 2.37. The molecule has 0 aliphatic heterocycles. The van der Waals surface area contributed by atoms with Gasteiger partial charge in [0.1, 0.15) is 0 Å². The van der Waals surface area contributed by atoms with Crippen LogP contribution in [0.3, 0.4) is 0 Å². The molecule has 20 heavy (non-hydrogen) atoms. The van der Waals surface area contributed by atoms with E-state index in [2.05, 4.69) is 47.8 Å². The lowest BCUT2D eigenvalue weighted by Crippen LogP contribution is -2.09. The number of carbonyl (C=O) groups excluding carboxylic acids is 1. The Balaban J connectivity index is 2.49. The number of alkyl halides is 3. The van der Waals surface area contributed by atoms with E-state index in [-0.39, 0.29) is 10.0 Å². The highest BCUT2D eigenvalue weighted by Gasteiger charge is 2.33. The SMILES string of the molecule is O=C(c1ccc(Br)c(C(F)(F)F)c1)c1cc(Br)sc1Br. The molecule has 1 aromatic heterocycles. The lowest BCUT2D eigenvalue weighted by atomic mass is 10.0. The molecule has 0 amide bonds. The minimum atomic E-state index is -4.51. The standard InChI is InChI=1S/C12H4Br3F3OS/c13-8-2-1-5(3-7(8)12(16,17)18)10(19)6-4-9(14)20-11(6)15/h1-4H. The van der Waals surface area contributed by atoms with Crippen LogP contribution in [-0.2, 0) is 6.18 Å². The molecule has 0 spiro atoms. The number of thiophene rings is 1. The van der Waals surface area contributed by atoms with Crippen molar-refractivity contribution >= 4 is 64.9 Å². The van der Waals surface area contributed by atoms with Crippen LogP contribution in [0.2, 0.25) is 0 Å². The molecule has 1 aromatic carbocycles. The number of ketones is 1. The van der Waals surface area contributed by atoms with Gasteiger partial charge in [-0.3, -0.25) is 4.79 Å². The normalized spacial score (nSPS) is 11.7. The van der Waals surface area contributed by atoms with Gasteiger partial charge in [-0.05, 0) is 56.1 Å². The van der Waals surface area contributed by atoms with Crippen LogP contribution < -0.4 is 0 Å². The molecule has 106 valence electrons. The maximum atomic E-state index is 12.8. The Bertz CT molecular complexity index is 679. The number of hydrogen-bond donors (Lipinski definition) is 0. The van der Waals surface area contributed by atoms with Gasteiger partial charge in [0, 0.05) is 15.6 Å². The summed E-state index contributed by atoms with van der Waals surface area (Å²) in [6, 6.07) is 5.02. The van der Waals surface area contributed by atoms with E-state index in [1.54, 1.807) is 6.07 Å². The molecular formula is C12H4Br3F3OS. The van der Waals surface area contributed by atoms with Gasteiger partial charge in [-0.1, -0.05) is 15.9 Å². The molecule has 0 N–H and O–H groups in total. The maximum Gasteiger partial charge on any atom is 0.417 e. The molecule has 0 aliphatic rings. The van der Waals surface area contributed by atoms with Crippen molar-refractivity contribution in [3.05, 3.63) is 53.0 Å². The van der Waals surface area contributed by atoms with Crippen molar-refractivity contribution in [2.24, 2.45) is 0 Å². The summed E-state index contributed by atoms with van der Waals surface area (Å²) in [5, 5.41) is 0. The minimum absolute atomic E-state index is 0.00785. The quantitative estimate of drug-likeness (QED) is 0.451. The summed E-state index contributed by atoms with van der Waals surface area (Å²) >= 11 is 10.6. The maximum absolute atomic E-state index is 12.8. The van der Waals surface area contributed by atoms with Crippen molar-refractivity contribution in [3.8, 4) is 0 Å². The van der Waals surface area contributed by atoms with E-state index in [1.165, 1.54) is 23.5 Å². The third-order valence-electron chi connectivity index (χ3n) is 2.44. The van der Waals surface area contributed by atoms with E-state index in [0.29, 0.717) is 9.35 Å². The fraction of sp³-hybridized carbons (Fsp3) is 0.0833. The molecule has 0 saturated heterocycles. The molecule has 0 unspecified atom stereocenters. The molecule has 0 radical (unpaired) electrons. The third-order valence-corrected chi connectivity index (χ3v) is 5.47. The van der Waals surface area contributed by atoms with Crippen LogP contribution in [0.15, 0.2) is 36.3 Å². The van der Waals surface area contributed by atoms with E-state index < -0.39 is 17.5 Å². The Morgan fingerprint density at radius 1 is 1.10 bits per heavy atom. The second-order valence-electron chi connectivity index (χ2n) is 3.76. The first-order valence-electron chi connectivity index (χ1n) is 5.06. The van der Waals surface area contributed by atoms with E-state index in [4.69, 9.17) is 0 Å².